The molecule has 0 saturated heterocycles. The number of rotatable bonds is 5. The smallest absolute Gasteiger partial charge is 0.118 e. The molecule has 1 aromatic rings. The first-order chi connectivity index (χ1) is 10.7. The molecule has 0 spiro atoms. The highest BCUT2D eigenvalue weighted by Gasteiger charge is 2.38. The molecule has 2 rings (SSSR count). The summed E-state index contributed by atoms with van der Waals surface area (Å²) in [5.41, 5.74) is -0.922. The number of likely N-dealkylation sites (N-methyl/N-ethyl adjacent to an activating group) is 1. The Morgan fingerprint density at radius 2 is 1.90 bits per heavy atom. The van der Waals surface area contributed by atoms with Gasteiger partial charge in [0, 0.05) is 16.5 Å². The summed E-state index contributed by atoms with van der Waals surface area (Å²) in [6.07, 6.45) is 3.53. The standard InChI is InChI=1S/C17H27NO2/c1-18(2)13-16(17(19)11-5-4-6-12-17)14-7-9-15(20-3)10-8-14/h7-10,16,19H,4-6,11-13H2,1-3H3/i13D2,16D. The second-order valence-electron chi connectivity index (χ2n) is 5.70. The normalized spacial score (nSPS) is 24.4. The number of hydrogen-bond acceptors (Lipinski definition) is 3. The molecule has 1 aliphatic carbocycles. The first-order valence-electron chi connectivity index (χ1n) is 8.73. The summed E-state index contributed by atoms with van der Waals surface area (Å²) < 4.78 is 31.4. The van der Waals surface area contributed by atoms with E-state index in [1.807, 2.05) is 0 Å². The van der Waals surface area contributed by atoms with Crippen LogP contribution < -0.4 is 4.74 Å². The van der Waals surface area contributed by atoms with E-state index in [1.165, 1.54) is 4.90 Å². The number of aliphatic hydroxyl groups is 1. The van der Waals surface area contributed by atoms with Crippen LogP contribution in [0.4, 0.5) is 0 Å². The van der Waals surface area contributed by atoms with Crippen LogP contribution in [0.3, 0.4) is 0 Å². The summed E-state index contributed by atoms with van der Waals surface area (Å²) in [6, 6.07) is 6.83. The van der Waals surface area contributed by atoms with E-state index in [0.29, 0.717) is 24.2 Å². The van der Waals surface area contributed by atoms with Crippen LogP contribution in [0.1, 0.15) is 47.7 Å². The molecule has 0 bridgehead atoms. The maximum absolute atomic E-state index is 11.3. The van der Waals surface area contributed by atoms with Crippen molar-refractivity contribution in [3.63, 3.8) is 0 Å². The average molecular weight is 280 g/mol. The highest BCUT2D eigenvalue weighted by Crippen LogP contribution is 2.40. The Hall–Kier alpha value is -1.06. The van der Waals surface area contributed by atoms with Gasteiger partial charge in [-0.3, -0.25) is 0 Å². The van der Waals surface area contributed by atoms with Gasteiger partial charge < -0.3 is 14.7 Å². The van der Waals surface area contributed by atoms with Crippen molar-refractivity contribution in [1.29, 1.82) is 0 Å². The van der Waals surface area contributed by atoms with Crippen molar-refractivity contribution >= 4 is 0 Å². The lowest BCUT2D eigenvalue weighted by Crippen LogP contribution is -2.42. The molecule has 1 fully saturated rings. The van der Waals surface area contributed by atoms with E-state index >= 15 is 0 Å². The summed E-state index contributed by atoms with van der Waals surface area (Å²) in [5.74, 6) is -1.13. The van der Waals surface area contributed by atoms with Crippen molar-refractivity contribution in [3.8, 4) is 5.75 Å². The molecule has 0 heterocycles. The molecular formula is C17H27NO2. The molecule has 0 aromatic heterocycles. The largest absolute Gasteiger partial charge is 0.497 e. The number of methoxy groups -OCH3 is 1. The van der Waals surface area contributed by atoms with E-state index in [9.17, 15) is 5.11 Å². The fourth-order valence-corrected chi connectivity index (χ4v) is 2.81. The summed E-state index contributed by atoms with van der Waals surface area (Å²) in [7, 11) is 4.79. The summed E-state index contributed by atoms with van der Waals surface area (Å²) >= 11 is 0. The molecule has 0 radical (unpaired) electrons. The van der Waals surface area contributed by atoms with Crippen LogP contribution >= 0.6 is 0 Å². The third kappa shape index (κ3) is 3.53. The topological polar surface area (TPSA) is 32.7 Å². The Bertz CT molecular complexity index is 527. The van der Waals surface area contributed by atoms with Crippen LogP contribution in [0.25, 0.3) is 0 Å². The number of benzene rings is 1. The Kier molecular flexibility index (Phi) is 3.82. The van der Waals surface area contributed by atoms with Crippen LogP contribution in [0, 0.1) is 0 Å². The minimum Gasteiger partial charge on any atom is -0.497 e. The van der Waals surface area contributed by atoms with Crippen LogP contribution in [0.2, 0.25) is 0 Å². The van der Waals surface area contributed by atoms with Crippen molar-refractivity contribution in [2.45, 2.75) is 43.6 Å². The minimum atomic E-state index is -2.02. The second-order valence-corrected chi connectivity index (χ2v) is 5.70. The minimum absolute atomic E-state index is 0.440. The van der Waals surface area contributed by atoms with E-state index in [2.05, 4.69) is 0 Å². The predicted molar refractivity (Wildman–Crippen MR) is 82.3 cm³/mol. The Balaban J connectivity index is 2.58. The fourth-order valence-electron chi connectivity index (χ4n) is 2.81. The maximum atomic E-state index is 11.3. The van der Waals surface area contributed by atoms with Crippen molar-refractivity contribution in [2.75, 3.05) is 27.7 Å². The van der Waals surface area contributed by atoms with Crippen LogP contribution in [0.5, 0.6) is 5.75 Å². The van der Waals surface area contributed by atoms with Gasteiger partial charge in [-0.05, 0) is 44.6 Å². The Labute approximate surface area is 126 Å². The van der Waals surface area contributed by atoms with Gasteiger partial charge in [-0.1, -0.05) is 31.4 Å². The quantitative estimate of drug-likeness (QED) is 0.900. The lowest BCUT2D eigenvalue weighted by Gasteiger charge is -2.40. The fraction of sp³-hybridized carbons (Fsp3) is 0.647. The van der Waals surface area contributed by atoms with Gasteiger partial charge in [-0.15, -0.1) is 0 Å². The van der Waals surface area contributed by atoms with Crippen LogP contribution in [-0.4, -0.2) is 43.3 Å². The first-order valence-corrected chi connectivity index (χ1v) is 7.23. The van der Waals surface area contributed by atoms with Crippen molar-refractivity contribution in [3.05, 3.63) is 29.8 Å². The molecule has 3 nitrogen and oxygen atoms in total. The molecule has 1 atom stereocenters. The summed E-state index contributed by atoms with van der Waals surface area (Å²) in [5, 5.41) is 11.3. The van der Waals surface area contributed by atoms with Crippen molar-refractivity contribution in [2.24, 2.45) is 0 Å². The van der Waals surface area contributed by atoms with Gasteiger partial charge in [0.25, 0.3) is 0 Å². The molecular weight excluding hydrogens is 250 g/mol. The Morgan fingerprint density at radius 1 is 1.30 bits per heavy atom. The molecule has 1 unspecified atom stereocenters. The van der Waals surface area contributed by atoms with Gasteiger partial charge in [0.05, 0.1) is 12.7 Å². The zero-order valence-electron chi connectivity index (χ0n) is 15.6. The van der Waals surface area contributed by atoms with Crippen molar-refractivity contribution in [1.82, 2.24) is 4.90 Å². The average Bonchev–Trinajstić information content (AvgIpc) is 2.54. The first kappa shape index (κ1) is 11.6. The molecule has 1 saturated carbocycles. The molecule has 3 heteroatoms. The molecule has 20 heavy (non-hydrogen) atoms. The van der Waals surface area contributed by atoms with E-state index in [4.69, 9.17) is 8.85 Å². The number of nitrogens with zero attached hydrogens (tertiary/aromatic N) is 1. The second kappa shape index (κ2) is 6.59. The Morgan fingerprint density at radius 3 is 2.40 bits per heavy atom. The SMILES string of the molecule is [2H]C([2H])(N(C)C)C([2H])(c1ccc(OC)cc1)C1(O)CCCCC1. The van der Waals surface area contributed by atoms with Crippen LogP contribution in [0.15, 0.2) is 24.3 Å². The third-order valence-corrected chi connectivity index (χ3v) is 3.86. The van der Waals surface area contributed by atoms with Crippen LogP contribution in [-0.2, 0) is 0 Å². The summed E-state index contributed by atoms with van der Waals surface area (Å²) in [4.78, 5) is 1.39. The maximum Gasteiger partial charge on any atom is 0.118 e. The van der Waals surface area contributed by atoms with E-state index in [1.54, 1.807) is 45.5 Å². The molecule has 1 N–H and O–H groups in total. The van der Waals surface area contributed by atoms with E-state index in [0.717, 1.165) is 19.3 Å². The highest BCUT2D eigenvalue weighted by atomic mass is 16.5. The zero-order valence-corrected chi connectivity index (χ0v) is 12.6. The lowest BCUT2D eigenvalue weighted by atomic mass is 9.72. The van der Waals surface area contributed by atoms with Gasteiger partial charge in [0.2, 0.25) is 0 Å². The summed E-state index contributed by atoms with van der Waals surface area (Å²) in [6.45, 7) is -2.02. The molecule has 0 aliphatic heterocycles. The zero-order chi connectivity index (χ0) is 17.3. The lowest BCUT2D eigenvalue weighted by molar-refractivity contribution is -0.0277. The third-order valence-electron chi connectivity index (χ3n) is 3.86. The predicted octanol–water partition coefficient (Wildman–Crippen LogP) is 3.04. The van der Waals surface area contributed by atoms with Gasteiger partial charge in [-0.25, -0.2) is 0 Å². The molecule has 1 aliphatic rings. The molecule has 0 amide bonds. The molecule has 112 valence electrons. The van der Waals surface area contributed by atoms with Gasteiger partial charge >= 0.3 is 0 Å². The van der Waals surface area contributed by atoms with Gasteiger partial charge in [0.15, 0.2) is 0 Å². The number of ether oxygens (including phenoxy) is 1. The number of hydrogen-bond donors (Lipinski definition) is 1. The highest BCUT2D eigenvalue weighted by molar-refractivity contribution is 5.31. The van der Waals surface area contributed by atoms with E-state index in [-0.39, 0.29) is 0 Å². The van der Waals surface area contributed by atoms with Crippen molar-refractivity contribution < 1.29 is 14.0 Å². The monoisotopic (exact) mass is 280 g/mol. The molecule has 1 aromatic carbocycles. The van der Waals surface area contributed by atoms with Gasteiger partial charge in [-0.2, -0.15) is 0 Å². The van der Waals surface area contributed by atoms with E-state index < -0.39 is 18.0 Å². The van der Waals surface area contributed by atoms with Gasteiger partial charge in [0.1, 0.15) is 5.75 Å².